The van der Waals surface area contributed by atoms with E-state index in [4.69, 9.17) is 10.5 Å². The second-order valence-electron chi connectivity index (χ2n) is 5.32. The first-order valence-electron chi connectivity index (χ1n) is 7.75. The third-order valence-electron chi connectivity index (χ3n) is 3.43. The average Bonchev–Trinajstić information content (AvgIpc) is 2.55. The highest BCUT2D eigenvalue weighted by atomic mass is 32.2. The van der Waals surface area contributed by atoms with Crippen molar-refractivity contribution in [3.8, 4) is 5.75 Å². The van der Waals surface area contributed by atoms with Crippen LogP contribution >= 0.6 is 11.8 Å². The van der Waals surface area contributed by atoms with E-state index in [1.807, 2.05) is 30.3 Å². The van der Waals surface area contributed by atoms with E-state index in [0.29, 0.717) is 12.3 Å². The van der Waals surface area contributed by atoms with E-state index in [1.165, 1.54) is 12.1 Å². The fraction of sp³-hybridized carbons (Fsp3) is 0.333. The molecule has 0 spiro atoms. The molecule has 0 aliphatic heterocycles. The summed E-state index contributed by atoms with van der Waals surface area (Å²) in [5.41, 5.74) is 2.30. The van der Waals surface area contributed by atoms with E-state index in [-0.39, 0.29) is 22.8 Å². The number of halogens is 3. The summed E-state index contributed by atoms with van der Waals surface area (Å²) in [7, 11) is 0. The molecule has 6 heteroatoms. The van der Waals surface area contributed by atoms with Crippen LogP contribution in [0.5, 0.6) is 5.75 Å². The van der Waals surface area contributed by atoms with Gasteiger partial charge in [0.1, 0.15) is 11.9 Å². The molecule has 0 aliphatic rings. The highest BCUT2D eigenvalue weighted by Gasteiger charge is 2.29. The normalized spacial score (nSPS) is 12.8. The Morgan fingerprint density at radius 2 is 1.62 bits per heavy atom. The molecule has 2 aromatic rings. The van der Waals surface area contributed by atoms with Crippen molar-refractivity contribution in [3.63, 3.8) is 0 Å². The van der Waals surface area contributed by atoms with Crippen LogP contribution in [0, 0.1) is 0 Å². The largest absolute Gasteiger partial charge is 0.486 e. The molecule has 0 bridgehead atoms. The maximum absolute atomic E-state index is 12.4. The zero-order chi connectivity index (χ0) is 17.4. The second kappa shape index (κ2) is 8.99. The Hall–Kier alpha value is -1.66. The molecule has 0 radical (unpaired) electrons. The lowest BCUT2D eigenvalue weighted by molar-refractivity contribution is -0.0328. The molecule has 0 saturated heterocycles. The molecule has 130 valence electrons. The van der Waals surface area contributed by atoms with Crippen LogP contribution in [0.1, 0.15) is 30.9 Å². The number of unbranched alkanes of at least 4 members (excludes halogenated alkanes) is 1. The van der Waals surface area contributed by atoms with Crippen LogP contribution < -0.4 is 10.5 Å². The van der Waals surface area contributed by atoms with Crippen molar-refractivity contribution in [2.45, 2.75) is 35.8 Å². The number of thioether (sulfide) groups is 1. The van der Waals surface area contributed by atoms with Crippen LogP contribution in [0.2, 0.25) is 0 Å². The Morgan fingerprint density at radius 1 is 0.958 bits per heavy atom. The number of ether oxygens (including phenoxy) is 1. The van der Waals surface area contributed by atoms with Crippen molar-refractivity contribution in [2.75, 3.05) is 6.54 Å². The van der Waals surface area contributed by atoms with Crippen LogP contribution in [0.3, 0.4) is 0 Å². The minimum atomic E-state index is -4.28. The van der Waals surface area contributed by atoms with Gasteiger partial charge in [0.25, 0.3) is 0 Å². The fourth-order valence-corrected chi connectivity index (χ4v) is 2.86. The van der Waals surface area contributed by atoms with Crippen LogP contribution in [0.15, 0.2) is 59.5 Å². The molecular formula is C18H20F3NOS. The van der Waals surface area contributed by atoms with Crippen molar-refractivity contribution in [3.05, 3.63) is 60.2 Å². The zero-order valence-electron chi connectivity index (χ0n) is 13.1. The highest BCUT2D eigenvalue weighted by molar-refractivity contribution is 8.00. The van der Waals surface area contributed by atoms with E-state index < -0.39 is 5.51 Å². The average molecular weight is 355 g/mol. The quantitative estimate of drug-likeness (QED) is 0.498. The van der Waals surface area contributed by atoms with Crippen molar-refractivity contribution < 1.29 is 17.9 Å². The summed E-state index contributed by atoms with van der Waals surface area (Å²) in [6.07, 6.45) is 2.51. The van der Waals surface area contributed by atoms with Gasteiger partial charge < -0.3 is 10.5 Å². The first-order valence-corrected chi connectivity index (χ1v) is 8.57. The van der Waals surface area contributed by atoms with Gasteiger partial charge in [-0.05, 0) is 67.4 Å². The van der Waals surface area contributed by atoms with Gasteiger partial charge in [0.2, 0.25) is 0 Å². The lowest BCUT2D eigenvalue weighted by Crippen LogP contribution is -2.09. The van der Waals surface area contributed by atoms with Gasteiger partial charge in [0.15, 0.2) is 0 Å². The summed E-state index contributed by atoms with van der Waals surface area (Å²) in [6, 6.07) is 15.8. The molecule has 2 aromatic carbocycles. The predicted molar refractivity (Wildman–Crippen MR) is 91.1 cm³/mol. The monoisotopic (exact) mass is 355 g/mol. The Kier molecular flexibility index (Phi) is 6.99. The molecule has 0 saturated carbocycles. The summed E-state index contributed by atoms with van der Waals surface area (Å²) in [4.78, 5) is 0.147. The van der Waals surface area contributed by atoms with Gasteiger partial charge in [0, 0.05) is 4.90 Å². The standard InChI is InChI=1S/C18H20F3NOS/c19-18(20,21)24-16-11-9-15(10-12-16)23-17(8-4-5-13-22)14-6-2-1-3-7-14/h1-3,6-7,9-12,17H,4-5,8,13,22H2. The van der Waals surface area contributed by atoms with Crippen LogP contribution in [0.4, 0.5) is 13.2 Å². The SMILES string of the molecule is NCCCCC(Oc1ccc(SC(F)(F)F)cc1)c1ccccc1. The van der Waals surface area contributed by atoms with E-state index in [2.05, 4.69) is 0 Å². The van der Waals surface area contributed by atoms with Crippen molar-refractivity contribution in [1.82, 2.24) is 0 Å². The van der Waals surface area contributed by atoms with E-state index in [9.17, 15) is 13.2 Å². The van der Waals surface area contributed by atoms with Crippen molar-refractivity contribution in [1.29, 1.82) is 0 Å². The summed E-state index contributed by atoms with van der Waals surface area (Å²) >= 11 is -0.128. The lowest BCUT2D eigenvalue weighted by atomic mass is 10.0. The molecule has 2 nitrogen and oxygen atoms in total. The first-order chi connectivity index (χ1) is 11.5. The minimum Gasteiger partial charge on any atom is -0.486 e. The van der Waals surface area contributed by atoms with E-state index in [1.54, 1.807) is 12.1 Å². The molecule has 0 heterocycles. The number of hydrogen-bond donors (Lipinski definition) is 1. The van der Waals surface area contributed by atoms with Gasteiger partial charge in [-0.15, -0.1) is 0 Å². The number of alkyl halides is 3. The number of benzene rings is 2. The third kappa shape index (κ3) is 6.45. The zero-order valence-corrected chi connectivity index (χ0v) is 13.9. The Balaban J connectivity index is 2.05. The molecule has 0 aliphatic carbocycles. The number of nitrogens with two attached hydrogens (primary N) is 1. The smallest absolute Gasteiger partial charge is 0.446 e. The molecule has 2 N–H and O–H groups in total. The first kappa shape index (κ1) is 18.7. The molecule has 0 aromatic heterocycles. The Bertz CT molecular complexity index is 602. The molecule has 0 amide bonds. The molecule has 1 atom stereocenters. The molecule has 24 heavy (non-hydrogen) atoms. The molecule has 2 rings (SSSR count). The molecule has 0 fully saturated rings. The topological polar surface area (TPSA) is 35.2 Å². The van der Waals surface area contributed by atoms with Gasteiger partial charge in [-0.2, -0.15) is 13.2 Å². The van der Waals surface area contributed by atoms with Crippen LogP contribution in [0.25, 0.3) is 0 Å². The summed E-state index contributed by atoms with van der Waals surface area (Å²) in [5, 5.41) is 0. The van der Waals surface area contributed by atoms with Crippen LogP contribution in [-0.2, 0) is 0 Å². The minimum absolute atomic E-state index is 0.128. The predicted octanol–water partition coefficient (Wildman–Crippen LogP) is 5.55. The summed E-state index contributed by atoms with van der Waals surface area (Å²) in [5.74, 6) is 0.558. The Morgan fingerprint density at radius 3 is 2.21 bits per heavy atom. The maximum Gasteiger partial charge on any atom is 0.446 e. The lowest BCUT2D eigenvalue weighted by Gasteiger charge is -2.20. The summed E-state index contributed by atoms with van der Waals surface area (Å²) < 4.78 is 43.1. The molecule has 1 unspecified atom stereocenters. The van der Waals surface area contributed by atoms with Gasteiger partial charge in [-0.3, -0.25) is 0 Å². The van der Waals surface area contributed by atoms with Crippen molar-refractivity contribution >= 4 is 11.8 Å². The summed E-state index contributed by atoms with van der Waals surface area (Å²) in [6.45, 7) is 0.630. The van der Waals surface area contributed by atoms with E-state index in [0.717, 1.165) is 24.8 Å². The Labute approximate surface area is 144 Å². The molecular weight excluding hydrogens is 335 g/mol. The van der Waals surface area contributed by atoms with Crippen LogP contribution in [-0.4, -0.2) is 12.1 Å². The van der Waals surface area contributed by atoms with Crippen molar-refractivity contribution in [2.24, 2.45) is 5.73 Å². The maximum atomic E-state index is 12.4. The van der Waals surface area contributed by atoms with E-state index >= 15 is 0 Å². The van der Waals surface area contributed by atoms with Gasteiger partial charge in [0.05, 0.1) is 0 Å². The highest BCUT2D eigenvalue weighted by Crippen LogP contribution is 2.37. The number of rotatable bonds is 8. The number of hydrogen-bond acceptors (Lipinski definition) is 3. The van der Waals surface area contributed by atoms with Gasteiger partial charge in [-0.25, -0.2) is 0 Å². The van der Waals surface area contributed by atoms with Gasteiger partial charge >= 0.3 is 5.51 Å². The third-order valence-corrected chi connectivity index (χ3v) is 4.17. The fourth-order valence-electron chi connectivity index (χ4n) is 2.32. The second-order valence-corrected chi connectivity index (χ2v) is 6.46. The van der Waals surface area contributed by atoms with Gasteiger partial charge in [-0.1, -0.05) is 30.3 Å².